The zero-order valence-corrected chi connectivity index (χ0v) is 20.9. The minimum Gasteiger partial charge on any atom is -0.483 e. The van der Waals surface area contributed by atoms with E-state index < -0.39 is 18.1 Å². The fourth-order valence-electron chi connectivity index (χ4n) is 4.36. The number of carbonyl (C=O) groups excluding carboxylic acids is 2. The Morgan fingerprint density at radius 2 is 1.95 bits per heavy atom. The summed E-state index contributed by atoms with van der Waals surface area (Å²) < 4.78 is 17.5. The highest BCUT2D eigenvalue weighted by Gasteiger charge is 2.23. The number of pyridine rings is 1. The fraction of sp³-hybridized carbons (Fsp3) is 0.185. The molecule has 188 valence electrons. The molecule has 0 saturated heterocycles. The fourth-order valence-corrected chi connectivity index (χ4v) is 4.51. The van der Waals surface area contributed by atoms with Crippen molar-refractivity contribution in [3.05, 3.63) is 85.8 Å². The molecule has 1 aliphatic rings. The SMILES string of the molecule is Cc1cc([C@@H](C)Oc2ccc(Cl)nc2C(N)=O)c2oc(-c3ccc4c(c3)COC(=O)N4)c(C)c(=O)c2c1. The third-order valence-electron chi connectivity index (χ3n) is 6.15. The maximum absolute atomic E-state index is 13.5. The molecule has 0 radical (unpaired) electrons. The molecule has 0 unspecified atom stereocenters. The number of aromatic nitrogens is 1. The molecule has 0 bridgehead atoms. The van der Waals surface area contributed by atoms with Crippen LogP contribution < -0.4 is 21.2 Å². The Kier molecular flexibility index (Phi) is 6.08. The molecule has 2 aromatic carbocycles. The van der Waals surface area contributed by atoms with Crippen molar-refractivity contribution in [2.24, 2.45) is 5.73 Å². The third kappa shape index (κ3) is 4.49. The van der Waals surface area contributed by atoms with Crippen LogP contribution in [0.25, 0.3) is 22.3 Å². The Bertz CT molecular complexity index is 1660. The quantitative estimate of drug-likeness (QED) is 0.336. The van der Waals surface area contributed by atoms with Crippen LogP contribution in [0.5, 0.6) is 5.75 Å². The van der Waals surface area contributed by atoms with Gasteiger partial charge in [-0.2, -0.15) is 0 Å². The highest BCUT2D eigenvalue weighted by molar-refractivity contribution is 6.29. The smallest absolute Gasteiger partial charge is 0.411 e. The van der Waals surface area contributed by atoms with E-state index in [1.807, 2.05) is 19.1 Å². The van der Waals surface area contributed by atoms with Gasteiger partial charge in [0.2, 0.25) is 0 Å². The summed E-state index contributed by atoms with van der Waals surface area (Å²) in [5.41, 5.74) is 9.47. The van der Waals surface area contributed by atoms with E-state index in [9.17, 15) is 14.4 Å². The van der Waals surface area contributed by atoms with E-state index in [4.69, 9.17) is 31.2 Å². The summed E-state index contributed by atoms with van der Waals surface area (Å²) in [5, 5.41) is 3.16. The number of hydrogen-bond donors (Lipinski definition) is 2. The molecule has 0 aliphatic carbocycles. The van der Waals surface area contributed by atoms with Gasteiger partial charge in [-0.25, -0.2) is 9.78 Å². The van der Waals surface area contributed by atoms with E-state index >= 15 is 0 Å². The largest absolute Gasteiger partial charge is 0.483 e. The maximum Gasteiger partial charge on any atom is 0.411 e. The standard InChI is InChI=1S/C27H22ClN3O6/c1-12-8-17(14(3)36-20-6-7-21(28)31-22(20)26(29)33)25-18(9-12)23(32)13(2)24(37-25)15-4-5-19-16(10-15)11-35-27(34)30-19/h4-10,14H,11H2,1-3H3,(H2,29,33)(H,30,34)/t14-/m1/s1. The molecule has 0 spiro atoms. The number of halogens is 1. The number of fused-ring (bicyclic) bond motifs is 2. The summed E-state index contributed by atoms with van der Waals surface area (Å²) in [4.78, 5) is 40.8. The van der Waals surface area contributed by atoms with Crippen LogP contribution >= 0.6 is 11.6 Å². The number of anilines is 1. The van der Waals surface area contributed by atoms with Gasteiger partial charge >= 0.3 is 6.09 Å². The molecule has 1 atom stereocenters. The van der Waals surface area contributed by atoms with Crippen molar-refractivity contribution >= 4 is 40.3 Å². The number of ether oxygens (including phenoxy) is 2. The molecule has 3 N–H and O–H groups in total. The van der Waals surface area contributed by atoms with Gasteiger partial charge in [-0.15, -0.1) is 0 Å². The number of carbonyl (C=O) groups is 2. The molecule has 37 heavy (non-hydrogen) atoms. The zero-order valence-electron chi connectivity index (χ0n) is 20.2. The van der Waals surface area contributed by atoms with Gasteiger partial charge in [0.25, 0.3) is 5.91 Å². The molecular weight excluding hydrogens is 498 g/mol. The zero-order chi connectivity index (χ0) is 26.4. The number of benzene rings is 2. The van der Waals surface area contributed by atoms with E-state index in [1.54, 1.807) is 32.0 Å². The van der Waals surface area contributed by atoms with Crippen molar-refractivity contribution in [3.8, 4) is 17.1 Å². The normalized spacial score (nSPS) is 13.5. The molecule has 0 fully saturated rings. The summed E-state index contributed by atoms with van der Waals surface area (Å²) in [5.74, 6) is -0.234. The highest BCUT2D eigenvalue weighted by Crippen LogP contribution is 2.35. The van der Waals surface area contributed by atoms with Gasteiger partial charge in [0.1, 0.15) is 29.2 Å². The minimum absolute atomic E-state index is 0.0994. The van der Waals surface area contributed by atoms with Gasteiger partial charge in [-0.3, -0.25) is 14.9 Å². The van der Waals surface area contributed by atoms with Gasteiger partial charge in [0.15, 0.2) is 16.9 Å². The first kappa shape index (κ1) is 24.3. The number of hydrogen-bond acceptors (Lipinski definition) is 7. The van der Waals surface area contributed by atoms with Crippen molar-refractivity contribution in [1.82, 2.24) is 4.98 Å². The summed E-state index contributed by atoms with van der Waals surface area (Å²) in [6.07, 6.45) is -1.16. The number of primary amides is 1. The van der Waals surface area contributed by atoms with E-state index in [0.717, 1.165) is 11.1 Å². The molecule has 4 aromatic rings. The number of nitrogens with zero attached hydrogens (tertiary/aromatic N) is 1. The lowest BCUT2D eigenvalue weighted by Crippen LogP contribution is -2.20. The second kappa shape index (κ2) is 9.25. The third-order valence-corrected chi connectivity index (χ3v) is 6.36. The second-order valence-electron chi connectivity index (χ2n) is 8.79. The van der Waals surface area contributed by atoms with Crippen LogP contribution in [-0.4, -0.2) is 17.0 Å². The van der Waals surface area contributed by atoms with E-state index in [1.165, 1.54) is 12.1 Å². The average molecular weight is 520 g/mol. The maximum atomic E-state index is 13.5. The lowest BCUT2D eigenvalue weighted by Gasteiger charge is -2.20. The van der Waals surface area contributed by atoms with Gasteiger partial charge in [-0.05, 0) is 68.8 Å². The van der Waals surface area contributed by atoms with Gasteiger partial charge < -0.3 is 19.6 Å². The molecule has 9 nitrogen and oxygen atoms in total. The molecular formula is C27H22ClN3O6. The number of cyclic esters (lactones) is 1. The molecule has 2 aromatic heterocycles. The van der Waals surface area contributed by atoms with Crippen LogP contribution in [0.4, 0.5) is 10.5 Å². The predicted octanol–water partition coefficient (Wildman–Crippen LogP) is 5.43. The Morgan fingerprint density at radius 1 is 1.16 bits per heavy atom. The van der Waals surface area contributed by atoms with Gasteiger partial charge in [0.05, 0.1) is 11.1 Å². The Morgan fingerprint density at radius 3 is 2.70 bits per heavy atom. The van der Waals surface area contributed by atoms with Crippen LogP contribution in [0, 0.1) is 13.8 Å². The first-order valence-corrected chi connectivity index (χ1v) is 11.8. The van der Waals surface area contributed by atoms with Crippen LogP contribution in [-0.2, 0) is 11.3 Å². The Labute approximate surface area is 216 Å². The Hall–Kier alpha value is -4.37. The monoisotopic (exact) mass is 519 g/mol. The number of rotatable bonds is 5. The summed E-state index contributed by atoms with van der Waals surface area (Å²) in [7, 11) is 0. The van der Waals surface area contributed by atoms with Crippen LogP contribution in [0.2, 0.25) is 5.15 Å². The number of amides is 2. The predicted molar refractivity (Wildman–Crippen MR) is 138 cm³/mol. The summed E-state index contributed by atoms with van der Waals surface area (Å²) in [6, 6.07) is 12.0. The first-order chi connectivity index (χ1) is 17.6. The molecule has 5 rings (SSSR count). The topological polar surface area (TPSA) is 134 Å². The van der Waals surface area contributed by atoms with E-state index in [-0.39, 0.29) is 28.6 Å². The van der Waals surface area contributed by atoms with Gasteiger partial charge in [0, 0.05) is 22.3 Å². The van der Waals surface area contributed by atoms with Crippen molar-refractivity contribution in [2.75, 3.05) is 5.32 Å². The van der Waals surface area contributed by atoms with Crippen molar-refractivity contribution in [2.45, 2.75) is 33.5 Å². The molecule has 2 amide bonds. The highest BCUT2D eigenvalue weighted by atomic mass is 35.5. The molecule has 10 heteroatoms. The molecule has 1 aliphatic heterocycles. The lowest BCUT2D eigenvalue weighted by molar-refractivity contribution is 0.0988. The molecule has 3 heterocycles. The number of nitrogens with two attached hydrogens (primary N) is 1. The minimum atomic E-state index is -0.782. The van der Waals surface area contributed by atoms with E-state index in [2.05, 4.69) is 10.3 Å². The summed E-state index contributed by atoms with van der Waals surface area (Å²) in [6.45, 7) is 5.46. The van der Waals surface area contributed by atoms with Crippen molar-refractivity contribution in [1.29, 1.82) is 0 Å². The first-order valence-electron chi connectivity index (χ1n) is 11.4. The molecule has 0 saturated carbocycles. The average Bonchev–Trinajstić information content (AvgIpc) is 2.86. The van der Waals surface area contributed by atoms with Crippen LogP contribution in [0.15, 0.2) is 51.7 Å². The number of aryl methyl sites for hydroxylation is 1. The number of nitrogens with one attached hydrogen (secondary N) is 1. The van der Waals surface area contributed by atoms with Crippen molar-refractivity contribution in [3.63, 3.8) is 0 Å². The second-order valence-corrected chi connectivity index (χ2v) is 9.18. The van der Waals surface area contributed by atoms with Crippen LogP contribution in [0.1, 0.15) is 45.8 Å². The lowest BCUT2D eigenvalue weighted by atomic mass is 9.99. The van der Waals surface area contributed by atoms with Gasteiger partial charge in [-0.1, -0.05) is 11.6 Å². The van der Waals surface area contributed by atoms with E-state index in [0.29, 0.717) is 39.1 Å². The van der Waals surface area contributed by atoms with Crippen LogP contribution in [0.3, 0.4) is 0 Å². The van der Waals surface area contributed by atoms with Crippen molar-refractivity contribution < 1.29 is 23.5 Å². The Balaban J connectivity index is 1.64. The summed E-state index contributed by atoms with van der Waals surface area (Å²) >= 11 is 5.92.